The van der Waals surface area contributed by atoms with Gasteiger partial charge in [0.2, 0.25) is 10.0 Å². The molecule has 0 atom stereocenters. The van der Waals surface area contributed by atoms with E-state index in [1.54, 1.807) is 0 Å². The lowest BCUT2D eigenvalue weighted by Crippen LogP contribution is -2.24. The van der Waals surface area contributed by atoms with E-state index in [9.17, 15) is 13.2 Å². The van der Waals surface area contributed by atoms with Gasteiger partial charge in [-0.2, -0.15) is 0 Å². The van der Waals surface area contributed by atoms with E-state index in [1.807, 2.05) is 39.8 Å². The molecule has 0 bridgehead atoms. The Morgan fingerprint density at radius 1 is 1.00 bits per heavy atom. The van der Waals surface area contributed by atoms with Crippen LogP contribution in [0.25, 0.3) is 0 Å². The first-order valence-corrected chi connectivity index (χ1v) is 10.2. The van der Waals surface area contributed by atoms with Crippen molar-refractivity contribution in [3.63, 3.8) is 0 Å². The summed E-state index contributed by atoms with van der Waals surface area (Å²) in [5, 5.41) is 2.92. The summed E-state index contributed by atoms with van der Waals surface area (Å²) in [6, 6.07) is 10.0. The maximum absolute atomic E-state index is 12.5. The highest BCUT2D eigenvalue weighted by molar-refractivity contribution is 7.89. The van der Waals surface area contributed by atoms with Crippen LogP contribution in [0.2, 0.25) is 0 Å². The van der Waals surface area contributed by atoms with Crippen molar-refractivity contribution >= 4 is 21.6 Å². The number of anilines is 1. The summed E-state index contributed by atoms with van der Waals surface area (Å²) in [5.41, 5.74) is 4.34. The minimum Gasteiger partial charge on any atom is -0.322 e. The number of carbonyl (C=O) groups is 1. The van der Waals surface area contributed by atoms with Crippen molar-refractivity contribution in [1.82, 2.24) is 4.72 Å². The smallest absolute Gasteiger partial charge is 0.255 e. The molecule has 0 unspecified atom stereocenters. The average Bonchev–Trinajstić information content (AvgIpc) is 2.58. The summed E-state index contributed by atoms with van der Waals surface area (Å²) >= 11 is 0. The molecule has 0 spiro atoms. The molecule has 140 valence electrons. The molecule has 26 heavy (non-hydrogen) atoms. The van der Waals surface area contributed by atoms with Gasteiger partial charge in [-0.15, -0.1) is 0 Å². The van der Waals surface area contributed by atoms with Crippen molar-refractivity contribution < 1.29 is 13.2 Å². The van der Waals surface area contributed by atoms with Crippen molar-refractivity contribution in [3.8, 4) is 0 Å². The average molecular weight is 375 g/mol. The SMILES string of the molecule is CCCCNS(=O)(=O)c1ccc(C(=O)Nc2c(C)cc(C)cc2C)cc1. The maximum Gasteiger partial charge on any atom is 0.255 e. The third-order valence-corrected chi connectivity index (χ3v) is 5.64. The highest BCUT2D eigenvalue weighted by Gasteiger charge is 2.15. The van der Waals surface area contributed by atoms with E-state index in [0.717, 1.165) is 35.2 Å². The lowest BCUT2D eigenvalue weighted by molar-refractivity contribution is 0.102. The van der Waals surface area contributed by atoms with Crippen LogP contribution in [0.15, 0.2) is 41.3 Å². The Morgan fingerprint density at radius 3 is 2.12 bits per heavy atom. The molecule has 0 aliphatic heterocycles. The van der Waals surface area contributed by atoms with E-state index in [4.69, 9.17) is 0 Å². The predicted octanol–water partition coefficient (Wildman–Crippen LogP) is 3.94. The minimum absolute atomic E-state index is 0.160. The Bertz CT molecular complexity index is 865. The van der Waals surface area contributed by atoms with Crippen LogP contribution in [0, 0.1) is 20.8 Å². The standard InChI is InChI=1S/C20H26N2O3S/c1-5-6-11-21-26(24,25)18-9-7-17(8-10-18)20(23)22-19-15(3)12-14(2)13-16(19)4/h7-10,12-13,21H,5-6,11H2,1-4H3,(H,22,23). The van der Waals surface area contributed by atoms with Crippen molar-refractivity contribution in [2.75, 3.05) is 11.9 Å². The molecule has 0 saturated heterocycles. The monoisotopic (exact) mass is 374 g/mol. The molecule has 2 aromatic rings. The number of hydrogen-bond donors (Lipinski definition) is 2. The lowest BCUT2D eigenvalue weighted by Gasteiger charge is -2.13. The normalized spacial score (nSPS) is 11.4. The van der Waals surface area contributed by atoms with Crippen molar-refractivity contribution in [2.45, 2.75) is 45.4 Å². The Morgan fingerprint density at radius 2 is 1.58 bits per heavy atom. The zero-order valence-electron chi connectivity index (χ0n) is 15.7. The van der Waals surface area contributed by atoms with Gasteiger partial charge >= 0.3 is 0 Å². The highest BCUT2D eigenvalue weighted by atomic mass is 32.2. The van der Waals surface area contributed by atoms with Crippen molar-refractivity contribution in [3.05, 3.63) is 58.7 Å². The minimum atomic E-state index is -3.53. The van der Waals surface area contributed by atoms with Crippen LogP contribution in [0.1, 0.15) is 46.8 Å². The predicted molar refractivity (Wildman–Crippen MR) is 105 cm³/mol. The zero-order valence-corrected chi connectivity index (χ0v) is 16.5. The van der Waals surface area contributed by atoms with Gasteiger partial charge in [0.15, 0.2) is 0 Å². The van der Waals surface area contributed by atoms with E-state index in [-0.39, 0.29) is 10.8 Å². The van der Waals surface area contributed by atoms with E-state index < -0.39 is 10.0 Å². The van der Waals surface area contributed by atoms with Crippen LogP contribution in [-0.4, -0.2) is 20.9 Å². The van der Waals surface area contributed by atoms with Gasteiger partial charge in [-0.3, -0.25) is 4.79 Å². The van der Waals surface area contributed by atoms with Gasteiger partial charge in [-0.25, -0.2) is 13.1 Å². The molecule has 2 N–H and O–H groups in total. The third-order valence-electron chi connectivity index (χ3n) is 4.16. The Hall–Kier alpha value is -2.18. The molecule has 0 saturated carbocycles. The lowest BCUT2D eigenvalue weighted by atomic mass is 10.0. The molecular weight excluding hydrogens is 348 g/mol. The molecule has 2 rings (SSSR count). The number of hydrogen-bond acceptors (Lipinski definition) is 3. The summed E-state index contributed by atoms with van der Waals surface area (Å²) in [5.74, 6) is -0.261. The molecule has 6 heteroatoms. The highest BCUT2D eigenvalue weighted by Crippen LogP contribution is 2.23. The number of carbonyl (C=O) groups excluding carboxylic acids is 1. The molecular formula is C20H26N2O3S. The molecule has 0 radical (unpaired) electrons. The van der Waals surface area contributed by atoms with Gasteiger partial charge in [0.25, 0.3) is 5.91 Å². The van der Waals surface area contributed by atoms with Crippen LogP contribution >= 0.6 is 0 Å². The molecule has 0 fully saturated rings. The van der Waals surface area contributed by atoms with Gasteiger partial charge in [-0.1, -0.05) is 31.0 Å². The fraction of sp³-hybridized carbons (Fsp3) is 0.350. The third kappa shape index (κ3) is 4.93. The number of rotatable bonds is 7. The fourth-order valence-corrected chi connectivity index (χ4v) is 3.89. The number of aryl methyl sites for hydroxylation is 3. The van der Waals surface area contributed by atoms with Crippen LogP contribution < -0.4 is 10.0 Å². The maximum atomic E-state index is 12.5. The second-order valence-corrected chi connectivity index (χ2v) is 8.27. The first kappa shape index (κ1) is 20.1. The van der Waals surface area contributed by atoms with Crippen molar-refractivity contribution in [2.24, 2.45) is 0 Å². The Balaban J connectivity index is 2.14. The largest absolute Gasteiger partial charge is 0.322 e. The quantitative estimate of drug-likeness (QED) is 0.721. The zero-order chi connectivity index (χ0) is 19.3. The van der Waals surface area contributed by atoms with Gasteiger partial charge in [0, 0.05) is 17.8 Å². The van der Waals surface area contributed by atoms with Gasteiger partial charge in [-0.05, 0) is 62.6 Å². The number of sulfonamides is 1. The van der Waals surface area contributed by atoms with E-state index in [1.165, 1.54) is 24.3 Å². The van der Waals surface area contributed by atoms with E-state index in [0.29, 0.717) is 12.1 Å². The van der Waals surface area contributed by atoms with Gasteiger partial charge in [0.1, 0.15) is 0 Å². The second-order valence-electron chi connectivity index (χ2n) is 6.50. The van der Waals surface area contributed by atoms with Crippen LogP contribution in [-0.2, 0) is 10.0 Å². The molecule has 5 nitrogen and oxygen atoms in total. The molecule has 2 aromatic carbocycles. The first-order valence-electron chi connectivity index (χ1n) is 8.73. The molecule has 0 aliphatic carbocycles. The van der Waals surface area contributed by atoms with Crippen LogP contribution in [0.3, 0.4) is 0 Å². The molecule has 0 aromatic heterocycles. The number of benzene rings is 2. The number of nitrogens with one attached hydrogen (secondary N) is 2. The van der Waals surface area contributed by atoms with Crippen molar-refractivity contribution in [1.29, 1.82) is 0 Å². The van der Waals surface area contributed by atoms with E-state index in [2.05, 4.69) is 10.0 Å². The molecule has 0 heterocycles. The summed E-state index contributed by atoms with van der Waals surface area (Å²) in [4.78, 5) is 12.7. The number of amides is 1. The fourth-order valence-electron chi connectivity index (χ4n) is 2.81. The van der Waals surface area contributed by atoms with Crippen LogP contribution in [0.5, 0.6) is 0 Å². The Kier molecular flexibility index (Phi) is 6.56. The topological polar surface area (TPSA) is 75.3 Å². The van der Waals surface area contributed by atoms with Gasteiger partial charge in [0.05, 0.1) is 4.90 Å². The van der Waals surface area contributed by atoms with E-state index >= 15 is 0 Å². The summed E-state index contributed by atoms with van der Waals surface area (Å²) in [7, 11) is -3.53. The summed E-state index contributed by atoms with van der Waals surface area (Å²) in [6.07, 6.45) is 1.70. The Labute approximate surface area is 155 Å². The number of unbranched alkanes of at least 4 members (excludes halogenated alkanes) is 1. The van der Waals surface area contributed by atoms with Gasteiger partial charge < -0.3 is 5.32 Å². The summed E-state index contributed by atoms with van der Waals surface area (Å²) < 4.78 is 26.9. The van der Waals surface area contributed by atoms with Crippen LogP contribution in [0.4, 0.5) is 5.69 Å². The first-order chi connectivity index (χ1) is 12.2. The summed E-state index contributed by atoms with van der Waals surface area (Å²) in [6.45, 7) is 8.33. The molecule has 1 amide bonds. The molecule has 0 aliphatic rings. The second kappa shape index (κ2) is 8.47.